The van der Waals surface area contributed by atoms with Crippen LogP contribution in [-0.2, 0) is 19.7 Å². The van der Waals surface area contributed by atoms with Crippen LogP contribution in [0.15, 0.2) is 59.5 Å². The van der Waals surface area contributed by atoms with Crippen LogP contribution in [0.1, 0.15) is 44.7 Å². The summed E-state index contributed by atoms with van der Waals surface area (Å²) in [5.74, 6) is 0.365. The molecule has 0 bridgehead atoms. The maximum absolute atomic E-state index is 12.4. The molecule has 0 aromatic heterocycles. The Morgan fingerprint density at radius 1 is 0.957 bits per heavy atom. The lowest BCUT2D eigenvalue weighted by molar-refractivity contribution is 0.246. The van der Waals surface area contributed by atoms with Crippen LogP contribution in [0, 0.1) is 0 Å². The largest absolute Gasteiger partial charge is 0.297 e. The third-order valence-electron chi connectivity index (χ3n) is 3.97. The summed E-state index contributed by atoms with van der Waals surface area (Å²) in [7, 11) is -3.74. The van der Waals surface area contributed by atoms with Gasteiger partial charge in [-0.2, -0.15) is 8.42 Å². The molecule has 0 spiro atoms. The molecular weight excluding hydrogens is 308 g/mol. The maximum Gasteiger partial charge on any atom is 0.297 e. The van der Waals surface area contributed by atoms with Gasteiger partial charge in [-0.1, -0.05) is 70.2 Å². The second-order valence-electron chi connectivity index (χ2n) is 6.69. The van der Waals surface area contributed by atoms with Gasteiger partial charge in [-0.3, -0.25) is 4.18 Å². The van der Waals surface area contributed by atoms with E-state index in [1.165, 1.54) is 0 Å². The van der Waals surface area contributed by atoms with Gasteiger partial charge in [0, 0.05) is 5.41 Å². The van der Waals surface area contributed by atoms with Gasteiger partial charge in [0.15, 0.2) is 0 Å². The van der Waals surface area contributed by atoms with Crippen LogP contribution >= 0.6 is 0 Å². The average Bonchev–Trinajstić information content (AvgIpc) is 2.54. The molecule has 2 aromatic carbocycles. The van der Waals surface area contributed by atoms with E-state index in [-0.39, 0.29) is 16.9 Å². The van der Waals surface area contributed by atoms with Crippen LogP contribution in [0.4, 0.5) is 0 Å². The minimum atomic E-state index is -3.74. The van der Waals surface area contributed by atoms with Crippen molar-refractivity contribution in [2.24, 2.45) is 0 Å². The zero-order valence-electron chi connectivity index (χ0n) is 14.1. The summed E-state index contributed by atoms with van der Waals surface area (Å²) in [4.78, 5) is 0.200. The molecule has 0 aliphatic carbocycles. The van der Waals surface area contributed by atoms with Crippen molar-refractivity contribution in [1.29, 1.82) is 0 Å². The monoisotopic (exact) mass is 332 g/mol. The van der Waals surface area contributed by atoms with E-state index in [4.69, 9.17) is 4.18 Å². The Labute approximate surface area is 139 Å². The van der Waals surface area contributed by atoms with E-state index in [9.17, 15) is 8.42 Å². The lowest BCUT2D eigenvalue weighted by Crippen LogP contribution is -2.26. The molecule has 4 heteroatoms. The topological polar surface area (TPSA) is 43.4 Å². The van der Waals surface area contributed by atoms with Crippen molar-refractivity contribution in [3.63, 3.8) is 0 Å². The number of rotatable bonds is 6. The molecule has 0 aliphatic heterocycles. The normalized spacial score (nSPS) is 12.6. The van der Waals surface area contributed by atoms with Gasteiger partial charge in [0.25, 0.3) is 10.1 Å². The van der Waals surface area contributed by atoms with Gasteiger partial charge in [0.1, 0.15) is 0 Å². The number of hydrogen-bond acceptors (Lipinski definition) is 3. The van der Waals surface area contributed by atoms with Gasteiger partial charge in [-0.05, 0) is 29.2 Å². The Kier molecular flexibility index (Phi) is 5.27. The second kappa shape index (κ2) is 6.85. The first kappa shape index (κ1) is 17.7. The number of hydrogen-bond donors (Lipinski definition) is 0. The van der Waals surface area contributed by atoms with Crippen molar-refractivity contribution < 1.29 is 12.6 Å². The smallest absolute Gasteiger partial charge is 0.265 e. The minimum absolute atomic E-state index is 0.102. The highest BCUT2D eigenvalue weighted by molar-refractivity contribution is 7.86. The first-order valence-corrected chi connectivity index (χ1v) is 9.18. The van der Waals surface area contributed by atoms with E-state index in [0.717, 1.165) is 11.1 Å². The summed E-state index contributed by atoms with van der Waals surface area (Å²) >= 11 is 0. The summed E-state index contributed by atoms with van der Waals surface area (Å²) in [6.07, 6.45) is 0. The van der Waals surface area contributed by atoms with E-state index in [1.54, 1.807) is 12.1 Å². The molecule has 23 heavy (non-hydrogen) atoms. The third kappa shape index (κ3) is 4.43. The van der Waals surface area contributed by atoms with Gasteiger partial charge in [-0.25, -0.2) is 0 Å². The first-order chi connectivity index (χ1) is 10.7. The lowest BCUT2D eigenvalue weighted by atomic mass is 9.86. The highest BCUT2D eigenvalue weighted by Crippen LogP contribution is 2.25. The Bertz CT molecular complexity index is 730. The summed E-state index contributed by atoms with van der Waals surface area (Å²) in [5, 5.41) is 0. The molecule has 3 nitrogen and oxygen atoms in total. The Morgan fingerprint density at radius 3 is 2.04 bits per heavy atom. The summed E-state index contributed by atoms with van der Waals surface area (Å²) in [6.45, 7) is 8.19. The Morgan fingerprint density at radius 2 is 1.52 bits per heavy atom. The predicted molar refractivity (Wildman–Crippen MR) is 93.1 cm³/mol. The van der Waals surface area contributed by atoms with Crippen LogP contribution < -0.4 is 0 Å². The highest BCUT2D eigenvalue weighted by atomic mass is 32.2. The van der Waals surface area contributed by atoms with Crippen LogP contribution in [0.3, 0.4) is 0 Å². The molecule has 0 saturated heterocycles. The molecule has 0 amide bonds. The van der Waals surface area contributed by atoms with E-state index in [2.05, 4.69) is 13.8 Å². The minimum Gasteiger partial charge on any atom is -0.265 e. The van der Waals surface area contributed by atoms with Gasteiger partial charge in [0.2, 0.25) is 0 Å². The summed E-state index contributed by atoms with van der Waals surface area (Å²) in [6, 6.07) is 16.7. The van der Waals surface area contributed by atoms with Crippen molar-refractivity contribution in [2.45, 2.75) is 43.9 Å². The van der Waals surface area contributed by atoms with Crippen LogP contribution in [0.2, 0.25) is 0 Å². The Hall–Kier alpha value is -1.65. The van der Waals surface area contributed by atoms with Crippen molar-refractivity contribution >= 4 is 10.1 Å². The SMILES string of the molecule is CC(C)c1ccc(S(=O)(=O)OCC(C)(C)c2ccccc2)cc1. The van der Waals surface area contributed by atoms with E-state index in [0.29, 0.717) is 5.92 Å². The fourth-order valence-electron chi connectivity index (χ4n) is 2.28. The van der Waals surface area contributed by atoms with Crippen molar-refractivity contribution in [1.82, 2.24) is 0 Å². The fourth-order valence-corrected chi connectivity index (χ4v) is 3.34. The molecule has 0 unspecified atom stereocenters. The summed E-state index contributed by atoms with van der Waals surface area (Å²) in [5.41, 5.74) is 1.77. The number of benzene rings is 2. The van der Waals surface area contributed by atoms with Gasteiger partial charge in [-0.15, -0.1) is 0 Å². The van der Waals surface area contributed by atoms with Gasteiger partial charge in [0.05, 0.1) is 11.5 Å². The van der Waals surface area contributed by atoms with E-state index in [1.807, 2.05) is 56.3 Å². The average molecular weight is 332 g/mol. The zero-order chi connectivity index (χ0) is 17.1. The standard InChI is InChI=1S/C19H24O3S/c1-15(2)16-10-12-18(13-11-16)23(20,21)22-14-19(3,4)17-8-6-5-7-9-17/h5-13,15H,14H2,1-4H3. The van der Waals surface area contributed by atoms with Gasteiger partial charge < -0.3 is 0 Å². The van der Waals surface area contributed by atoms with Crippen molar-refractivity contribution in [3.05, 3.63) is 65.7 Å². The van der Waals surface area contributed by atoms with E-state index < -0.39 is 10.1 Å². The van der Waals surface area contributed by atoms with E-state index >= 15 is 0 Å². The lowest BCUT2D eigenvalue weighted by Gasteiger charge is -2.24. The van der Waals surface area contributed by atoms with Crippen LogP contribution in [0.25, 0.3) is 0 Å². The summed E-state index contributed by atoms with van der Waals surface area (Å²) < 4.78 is 30.0. The zero-order valence-corrected chi connectivity index (χ0v) is 14.9. The quantitative estimate of drug-likeness (QED) is 0.732. The van der Waals surface area contributed by atoms with Crippen LogP contribution in [0.5, 0.6) is 0 Å². The van der Waals surface area contributed by atoms with Crippen molar-refractivity contribution in [3.8, 4) is 0 Å². The Balaban J connectivity index is 2.12. The molecule has 0 radical (unpaired) electrons. The van der Waals surface area contributed by atoms with Crippen molar-refractivity contribution in [2.75, 3.05) is 6.61 Å². The molecule has 0 N–H and O–H groups in total. The molecule has 0 fully saturated rings. The molecule has 0 aliphatic rings. The molecule has 0 heterocycles. The molecule has 2 aromatic rings. The molecule has 2 rings (SSSR count). The maximum atomic E-state index is 12.4. The first-order valence-electron chi connectivity index (χ1n) is 7.77. The van der Waals surface area contributed by atoms with Gasteiger partial charge >= 0.3 is 0 Å². The second-order valence-corrected chi connectivity index (χ2v) is 8.31. The predicted octanol–water partition coefficient (Wildman–Crippen LogP) is 4.49. The molecule has 0 saturated carbocycles. The van der Waals surface area contributed by atoms with Crippen LogP contribution in [-0.4, -0.2) is 15.0 Å². The molecule has 0 atom stereocenters. The molecule has 124 valence electrons. The third-order valence-corrected chi connectivity index (χ3v) is 5.24. The highest BCUT2D eigenvalue weighted by Gasteiger charge is 2.25. The molecular formula is C19H24O3S. The fraction of sp³-hybridized carbons (Fsp3) is 0.368.